The maximum atomic E-state index is 12.6. The third kappa shape index (κ3) is 3.53. The van der Waals surface area contributed by atoms with Gasteiger partial charge in [-0.1, -0.05) is 0 Å². The minimum absolute atomic E-state index is 0.0440. The second-order valence-corrected chi connectivity index (χ2v) is 5.76. The van der Waals surface area contributed by atoms with Crippen LogP contribution in [0.15, 0.2) is 18.2 Å². The fourth-order valence-electron chi connectivity index (χ4n) is 2.54. The molecule has 0 spiro atoms. The number of hydrogen-bond acceptors (Lipinski definition) is 3. The van der Waals surface area contributed by atoms with E-state index in [9.17, 15) is 14.9 Å². The van der Waals surface area contributed by atoms with Gasteiger partial charge in [0.1, 0.15) is 0 Å². The van der Waals surface area contributed by atoms with Gasteiger partial charge in [-0.25, -0.2) is 0 Å². The molecule has 0 unspecified atom stereocenters. The average Bonchev–Trinajstić information content (AvgIpc) is 2.39. The highest BCUT2D eigenvalue weighted by molar-refractivity contribution is 6.17. The van der Waals surface area contributed by atoms with Crippen LogP contribution in [0.1, 0.15) is 41.6 Å². The molecule has 1 aliphatic carbocycles. The van der Waals surface area contributed by atoms with E-state index < -0.39 is 4.92 Å². The average molecular weight is 311 g/mol. The van der Waals surface area contributed by atoms with Crippen molar-refractivity contribution < 1.29 is 9.72 Å². The summed E-state index contributed by atoms with van der Waals surface area (Å²) in [7, 11) is 0. The Hall–Kier alpha value is -1.62. The van der Waals surface area contributed by atoms with Gasteiger partial charge >= 0.3 is 0 Å². The Morgan fingerprint density at radius 1 is 1.48 bits per heavy atom. The van der Waals surface area contributed by atoms with Crippen molar-refractivity contribution in [2.45, 2.75) is 38.6 Å². The number of nitro benzene ring substituents is 1. The molecule has 1 saturated carbocycles. The molecule has 0 saturated heterocycles. The summed E-state index contributed by atoms with van der Waals surface area (Å²) < 4.78 is 0. The van der Waals surface area contributed by atoms with E-state index in [0.29, 0.717) is 23.6 Å². The number of carbonyl (C=O) groups is 1. The van der Waals surface area contributed by atoms with Gasteiger partial charge in [-0.2, -0.15) is 0 Å². The number of rotatable bonds is 6. The molecule has 1 fully saturated rings. The molecular formula is C15H19ClN2O3. The number of alkyl halides is 1. The highest BCUT2D eigenvalue weighted by atomic mass is 35.5. The topological polar surface area (TPSA) is 63.5 Å². The number of aryl methyl sites for hydroxylation is 1. The van der Waals surface area contributed by atoms with Crippen molar-refractivity contribution in [1.29, 1.82) is 0 Å². The van der Waals surface area contributed by atoms with Crippen molar-refractivity contribution in [2.75, 3.05) is 12.4 Å². The third-order valence-corrected chi connectivity index (χ3v) is 4.22. The Bertz CT molecular complexity index is 544. The van der Waals surface area contributed by atoms with Crippen LogP contribution in [0.3, 0.4) is 0 Å². The van der Waals surface area contributed by atoms with E-state index in [1.54, 1.807) is 19.1 Å². The zero-order chi connectivity index (χ0) is 15.4. The molecule has 1 aromatic rings. The van der Waals surface area contributed by atoms with Crippen LogP contribution in [0.2, 0.25) is 0 Å². The fraction of sp³-hybridized carbons (Fsp3) is 0.533. The molecule has 0 atom stereocenters. The van der Waals surface area contributed by atoms with E-state index in [1.165, 1.54) is 6.07 Å². The SMILES string of the molecule is Cc1cc(C(=O)N(CCCCl)C2CCC2)ccc1[N+](=O)[O-]. The summed E-state index contributed by atoms with van der Waals surface area (Å²) in [6.07, 6.45) is 3.96. The van der Waals surface area contributed by atoms with Crippen molar-refractivity contribution >= 4 is 23.2 Å². The minimum atomic E-state index is -0.430. The van der Waals surface area contributed by atoms with Gasteiger partial charge in [-0.3, -0.25) is 14.9 Å². The molecular weight excluding hydrogens is 292 g/mol. The summed E-state index contributed by atoms with van der Waals surface area (Å²) in [5.74, 6) is 0.471. The first-order chi connectivity index (χ1) is 10.0. The molecule has 0 radical (unpaired) electrons. The van der Waals surface area contributed by atoms with Gasteiger partial charge in [0.25, 0.3) is 11.6 Å². The van der Waals surface area contributed by atoms with Crippen molar-refractivity contribution in [3.63, 3.8) is 0 Å². The van der Waals surface area contributed by atoms with Crippen LogP contribution in [-0.2, 0) is 0 Å². The lowest BCUT2D eigenvalue weighted by Gasteiger charge is -2.37. The Kier molecular flexibility index (Phi) is 5.17. The number of halogens is 1. The summed E-state index contributed by atoms with van der Waals surface area (Å²) in [5, 5.41) is 10.8. The summed E-state index contributed by atoms with van der Waals surface area (Å²) >= 11 is 5.73. The standard InChI is InChI=1S/C15H19ClN2O3/c1-11-10-12(6-7-14(11)18(20)21)15(19)17(9-3-8-16)13-4-2-5-13/h6-7,10,13H,2-5,8-9H2,1H3. The largest absolute Gasteiger partial charge is 0.336 e. The van der Waals surface area contributed by atoms with Crippen LogP contribution in [-0.4, -0.2) is 34.2 Å². The van der Waals surface area contributed by atoms with Crippen molar-refractivity contribution in [1.82, 2.24) is 4.90 Å². The Labute approximate surface area is 129 Å². The molecule has 2 rings (SSSR count). The van der Waals surface area contributed by atoms with Gasteiger partial charge < -0.3 is 4.90 Å². The molecule has 6 heteroatoms. The van der Waals surface area contributed by atoms with Crippen molar-refractivity contribution in [3.8, 4) is 0 Å². The number of hydrogen-bond donors (Lipinski definition) is 0. The molecule has 0 heterocycles. The Morgan fingerprint density at radius 3 is 2.67 bits per heavy atom. The normalized spacial score (nSPS) is 14.6. The van der Waals surface area contributed by atoms with E-state index in [2.05, 4.69) is 0 Å². The Balaban J connectivity index is 2.19. The van der Waals surface area contributed by atoms with Gasteiger partial charge in [0.05, 0.1) is 4.92 Å². The van der Waals surface area contributed by atoms with Gasteiger partial charge in [0, 0.05) is 35.7 Å². The molecule has 1 aliphatic rings. The molecule has 1 aromatic carbocycles. The van der Waals surface area contributed by atoms with Crippen LogP contribution in [0.5, 0.6) is 0 Å². The summed E-state index contributed by atoms with van der Waals surface area (Å²) in [5.41, 5.74) is 1.07. The zero-order valence-electron chi connectivity index (χ0n) is 12.0. The fourth-order valence-corrected chi connectivity index (χ4v) is 2.66. The van der Waals surface area contributed by atoms with E-state index >= 15 is 0 Å². The quantitative estimate of drug-likeness (QED) is 0.459. The molecule has 0 bridgehead atoms. The summed E-state index contributed by atoms with van der Waals surface area (Å²) in [4.78, 5) is 24.9. The van der Waals surface area contributed by atoms with E-state index in [0.717, 1.165) is 25.7 Å². The second kappa shape index (κ2) is 6.89. The maximum Gasteiger partial charge on any atom is 0.272 e. The first-order valence-electron chi connectivity index (χ1n) is 7.16. The molecule has 21 heavy (non-hydrogen) atoms. The molecule has 114 valence electrons. The first kappa shape index (κ1) is 15.8. The summed E-state index contributed by atoms with van der Waals surface area (Å²) in [6, 6.07) is 4.84. The van der Waals surface area contributed by atoms with Gasteiger partial charge in [-0.05, 0) is 44.7 Å². The lowest BCUT2D eigenvalue weighted by molar-refractivity contribution is -0.385. The molecule has 5 nitrogen and oxygen atoms in total. The van der Waals surface area contributed by atoms with Crippen LogP contribution in [0, 0.1) is 17.0 Å². The van der Waals surface area contributed by atoms with Gasteiger partial charge in [-0.15, -0.1) is 11.6 Å². The number of nitrogens with zero attached hydrogens (tertiary/aromatic N) is 2. The van der Waals surface area contributed by atoms with Crippen LogP contribution >= 0.6 is 11.6 Å². The highest BCUT2D eigenvalue weighted by Crippen LogP contribution is 2.27. The summed E-state index contributed by atoms with van der Waals surface area (Å²) in [6.45, 7) is 2.30. The number of nitro groups is 1. The second-order valence-electron chi connectivity index (χ2n) is 5.38. The van der Waals surface area contributed by atoms with Gasteiger partial charge in [0.2, 0.25) is 0 Å². The van der Waals surface area contributed by atoms with Gasteiger partial charge in [0.15, 0.2) is 0 Å². The van der Waals surface area contributed by atoms with Crippen LogP contribution in [0.25, 0.3) is 0 Å². The maximum absolute atomic E-state index is 12.6. The molecule has 0 aromatic heterocycles. The lowest BCUT2D eigenvalue weighted by atomic mass is 9.90. The van der Waals surface area contributed by atoms with Crippen molar-refractivity contribution in [3.05, 3.63) is 39.4 Å². The smallest absolute Gasteiger partial charge is 0.272 e. The number of benzene rings is 1. The Morgan fingerprint density at radius 2 is 2.19 bits per heavy atom. The third-order valence-electron chi connectivity index (χ3n) is 3.95. The predicted molar refractivity (Wildman–Crippen MR) is 81.8 cm³/mol. The van der Waals surface area contributed by atoms with Crippen LogP contribution < -0.4 is 0 Å². The lowest BCUT2D eigenvalue weighted by Crippen LogP contribution is -2.44. The van der Waals surface area contributed by atoms with E-state index in [4.69, 9.17) is 11.6 Å². The number of amides is 1. The highest BCUT2D eigenvalue weighted by Gasteiger charge is 2.29. The van der Waals surface area contributed by atoms with Crippen LogP contribution in [0.4, 0.5) is 5.69 Å². The predicted octanol–water partition coefficient (Wildman–Crippen LogP) is 3.53. The van der Waals surface area contributed by atoms with Crippen molar-refractivity contribution in [2.24, 2.45) is 0 Å². The molecule has 1 amide bonds. The molecule has 0 N–H and O–H groups in total. The number of carbonyl (C=O) groups excluding carboxylic acids is 1. The zero-order valence-corrected chi connectivity index (χ0v) is 12.8. The monoisotopic (exact) mass is 310 g/mol. The first-order valence-corrected chi connectivity index (χ1v) is 7.70. The molecule has 0 aliphatic heterocycles. The minimum Gasteiger partial charge on any atom is -0.336 e. The van der Waals surface area contributed by atoms with E-state index in [1.807, 2.05) is 4.90 Å². The van der Waals surface area contributed by atoms with E-state index in [-0.39, 0.29) is 17.6 Å².